The normalized spacial score (nSPS) is 11.3. The zero-order valence-electron chi connectivity index (χ0n) is 12.5. The summed E-state index contributed by atoms with van der Waals surface area (Å²) < 4.78 is 5.40. The van der Waals surface area contributed by atoms with Crippen LogP contribution in [0.2, 0.25) is 0 Å². The van der Waals surface area contributed by atoms with Crippen molar-refractivity contribution >= 4 is 12.3 Å². The molecule has 0 fully saturated rings. The molecule has 0 aliphatic rings. The van der Waals surface area contributed by atoms with Crippen molar-refractivity contribution < 1.29 is 19.4 Å². The van der Waals surface area contributed by atoms with Gasteiger partial charge in [0, 0.05) is 5.56 Å². The highest BCUT2D eigenvalue weighted by Crippen LogP contribution is 2.12. The molecule has 0 amide bonds. The molecule has 0 unspecified atom stereocenters. The van der Waals surface area contributed by atoms with Crippen LogP contribution in [-0.2, 0) is 4.79 Å². The molecule has 0 radical (unpaired) electrons. The number of carbonyl (C=O) groups excluding carboxylic acids is 1. The van der Waals surface area contributed by atoms with Crippen LogP contribution in [0.15, 0.2) is 24.3 Å². The lowest BCUT2D eigenvalue weighted by atomic mass is 10.2. The summed E-state index contributed by atoms with van der Waals surface area (Å²) in [4.78, 5) is 20.3. The molecule has 0 aliphatic heterocycles. The van der Waals surface area contributed by atoms with Gasteiger partial charge >= 0.3 is 5.97 Å². The van der Waals surface area contributed by atoms with Crippen molar-refractivity contribution in [3.8, 4) is 5.75 Å². The molecule has 0 spiro atoms. The molecular formula is C15H24N2O4. The van der Waals surface area contributed by atoms with Crippen molar-refractivity contribution in [2.75, 3.05) is 6.54 Å². The van der Waals surface area contributed by atoms with Gasteiger partial charge in [0.25, 0.3) is 0 Å². The lowest BCUT2D eigenvalue weighted by molar-refractivity contribution is -0.138. The van der Waals surface area contributed by atoms with Crippen LogP contribution in [0.5, 0.6) is 5.75 Å². The van der Waals surface area contributed by atoms with Crippen molar-refractivity contribution in [2.24, 2.45) is 11.5 Å². The van der Waals surface area contributed by atoms with Crippen LogP contribution in [0.1, 0.15) is 37.0 Å². The van der Waals surface area contributed by atoms with Crippen LogP contribution in [-0.4, -0.2) is 36.1 Å². The summed E-state index contributed by atoms with van der Waals surface area (Å²) in [6.45, 7) is 4.43. The molecule has 6 nitrogen and oxygen atoms in total. The van der Waals surface area contributed by atoms with Gasteiger partial charge in [-0.25, -0.2) is 0 Å². The number of aliphatic carboxylic acids is 1. The molecule has 6 heteroatoms. The first-order valence-electron chi connectivity index (χ1n) is 6.81. The van der Waals surface area contributed by atoms with Crippen molar-refractivity contribution in [1.82, 2.24) is 0 Å². The summed E-state index contributed by atoms with van der Waals surface area (Å²) in [6.07, 6.45) is 2.13. The maximum Gasteiger partial charge on any atom is 0.320 e. The number of hydrogen-bond acceptors (Lipinski definition) is 5. The third-order valence-electron chi connectivity index (χ3n) is 2.42. The van der Waals surface area contributed by atoms with E-state index in [9.17, 15) is 9.59 Å². The smallest absolute Gasteiger partial charge is 0.320 e. The van der Waals surface area contributed by atoms with Crippen molar-refractivity contribution in [2.45, 2.75) is 38.8 Å². The second-order valence-electron chi connectivity index (χ2n) is 4.73. The Labute approximate surface area is 125 Å². The maximum absolute atomic E-state index is 10.3. The summed E-state index contributed by atoms with van der Waals surface area (Å²) >= 11 is 0. The summed E-state index contributed by atoms with van der Waals surface area (Å²) in [6, 6.07) is 6.33. The first kappa shape index (κ1) is 19.1. The van der Waals surface area contributed by atoms with Crippen molar-refractivity contribution in [3.63, 3.8) is 0 Å². The van der Waals surface area contributed by atoms with Gasteiger partial charge < -0.3 is 21.3 Å². The molecule has 118 valence electrons. The molecule has 1 atom stereocenters. The van der Waals surface area contributed by atoms with E-state index >= 15 is 0 Å². The number of rotatable bonds is 7. The van der Waals surface area contributed by atoms with Gasteiger partial charge in [-0.2, -0.15) is 0 Å². The Hall–Kier alpha value is -1.92. The molecule has 1 rings (SSSR count). The Morgan fingerprint density at radius 1 is 1.33 bits per heavy atom. The second-order valence-corrected chi connectivity index (χ2v) is 4.73. The van der Waals surface area contributed by atoms with E-state index in [1.54, 1.807) is 24.3 Å². The number of hydrogen-bond donors (Lipinski definition) is 3. The number of nitrogens with two attached hydrogens (primary N) is 2. The van der Waals surface area contributed by atoms with Gasteiger partial charge in [0.2, 0.25) is 0 Å². The Morgan fingerprint density at radius 2 is 1.90 bits per heavy atom. The number of carboxylic acids is 1. The average Bonchev–Trinajstić information content (AvgIpc) is 2.45. The Balaban J connectivity index is 0.000000400. The fourth-order valence-electron chi connectivity index (χ4n) is 1.36. The van der Waals surface area contributed by atoms with E-state index in [0.717, 1.165) is 12.0 Å². The molecule has 0 saturated carbocycles. The van der Waals surface area contributed by atoms with Gasteiger partial charge in [-0.3, -0.25) is 9.59 Å². The van der Waals surface area contributed by atoms with Crippen LogP contribution in [0.3, 0.4) is 0 Å². The Bertz CT molecular complexity index is 418. The first-order chi connectivity index (χ1) is 9.90. The molecule has 0 bridgehead atoms. The van der Waals surface area contributed by atoms with Crippen LogP contribution in [0.4, 0.5) is 0 Å². The standard InChI is InChI=1S/C10H12O2.C5H12N2O2/c1-8(2)12-10-5-3-9(7-11)4-6-10;6-3-1-2-4(7)5(8)9/h3-8H,1-2H3;4H,1-3,6-7H2,(H,8,9)/t;4-/m.0/s1. The van der Waals surface area contributed by atoms with Crippen LogP contribution in [0, 0.1) is 0 Å². The minimum absolute atomic E-state index is 0.173. The number of aldehydes is 1. The van der Waals surface area contributed by atoms with Crippen molar-refractivity contribution in [1.29, 1.82) is 0 Å². The number of carboxylic acid groups (broad SMARTS) is 1. The molecule has 5 N–H and O–H groups in total. The molecule has 1 aromatic rings. The highest BCUT2D eigenvalue weighted by molar-refractivity contribution is 5.74. The number of carbonyl (C=O) groups is 2. The zero-order chi connectivity index (χ0) is 16.3. The summed E-state index contributed by atoms with van der Waals surface area (Å²) in [5, 5.41) is 8.24. The Kier molecular flexibility index (Phi) is 9.83. The van der Waals surface area contributed by atoms with Crippen LogP contribution < -0.4 is 16.2 Å². The monoisotopic (exact) mass is 296 g/mol. The van der Waals surface area contributed by atoms with E-state index in [-0.39, 0.29) is 6.10 Å². The summed E-state index contributed by atoms with van der Waals surface area (Å²) in [5.74, 6) is -0.154. The van der Waals surface area contributed by atoms with Gasteiger partial charge in [0.15, 0.2) is 0 Å². The zero-order valence-corrected chi connectivity index (χ0v) is 12.5. The lowest BCUT2D eigenvalue weighted by Gasteiger charge is -2.08. The third kappa shape index (κ3) is 9.59. The van der Waals surface area contributed by atoms with Gasteiger partial charge in [0.1, 0.15) is 18.1 Å². The van der Waals surface area contributed by atoms with Crippen molar-refractivity contribution in [3.05, 3.63) is 29.8 Å². The highest BCUT2D eigenvalue weighted by Gasteiger charge is 2.08. The molecule has 0 heterocycles. The molecule has 21 heavy (non-hydrogen) atoms. The molecule has 0 aromatic heterocycles. The fraction of sp³-hybridized carbons (Fsp3) is 0.467. The van der Waals surface area contributed by atoms with Gasteiger partial charge in [-0.15, -0.1) is 0 Å². The predicted molar refractivity (Wildman–Crippen MR) is 81.5 cm³/mol. The van der Waals surface area contributed by atoms with Gasteiger partial charge in [-0.05, 0) is 57.5 Å². The second kappa shape index (κ2) is 10.8. The lowest BCUT2D eigenvalue weighted by Crippen LogP contribution is -2.30. The molecular weight excluding hydrogens is 272 g/mol. The fourth-order valence-corrected chi connectivity index (χ4v) is 1.36. The highest BCUT2D eigenvalue weighted by atomic mass is 16.5. The minimum Gasteiger partial charge on any atom is -0.491 e. The number of benzene rings is 1. The molecule has 1 aromatic carbocycles. The summed E-state index contributed by atoms with van der Waals surface area (Å²) in [7, 11) is 0. The van der Waals surface area contributed by atoms with Gasteiger partial charge in [0.05, 0.1) is 6.10 Å². The van der Waals surface area contributed by atoms with E-state index in [2.05, 4.69) is 0 Å². The Morgan fingerprint density at radius 3 is 2.29 bits per heavy atom. The topological polar surface area (TPSA) is 116 Å². The number of ether oxygens (including phenoxy) is 1. The quantitative estimate of drug-likeness (QED) is 0.655. The average molecular weight is 296 g/mol. The van der Waals surface area contributed by atoms with E-state index in [1.807, 2.05) is 13.8 Å². The molecule has 0 saturated heterocycles. The SMILES string of the molecule is CC(C)Oc1ccc(C=O)cc1.NCCC[C@H](N)C(=O)O. The predicted octanol–water partition coefficient (Wildman–Crippen LogP) is 1.42. The van der Waals surface area contributed by atoms with Crippen LogP contribution in [0.25, 0.3) is 0 Å². The maximum atomic E-state index is 10.3. The van der Waals surface area contributed by atoms with E-state index < -0.39 is 12.0 Å². The largest absolute Gasteiger partial charge is 0.491 e. The van der Waals surface area contributed by atoms with E-state index in [4.69, 9.17) is 21.3 Å². The third-order valence-corrected chi connectivity index (χ3v) is 2.42. The molecule has 0 aliphatic carbocycles. The minimum atomic E-state index is -0.955. The van der Waals surface area contributed by atoms with Crippen LogP contribution >= 0.6 is 0 Å². The van der Waals surface area contributed by atoms with E-state index in [1.165, 1.54) is 0 Å². The van der Waals surface area contributed by atoms with E-state index in [0.29, 0.717) is 24.9 Å². The summed E-state index contributed by atoms with van der Waals surface area (Å²) in [5.41, 5.74) is 10.9. The van der Waals surface area contributed by atoms with Gasteiger partial charge in [-0.1, -0.05) is 0 Å². The first-order valence-corrected chi connectivity index (χ1v) is 6.81.